The lowest BCUT2D eigenvalue weighted by atomic mass is 10.0. The Kier molecular flexibility index (Phi) is 64.9. The summed E-state index contributed by atoms with van der Waals surface area (Å²) in [4.78, 5) is 12.0. The van der Waals surface area contributed by atoms with Crippen molar-refractivity contribution in [2.24, 2.45) is 0 Å². The highest BCUT2D eigenvalue weighted by Crippen LogP contribution is 2.19. The molecule has 0 saturated heterocycles. The fourth-order valence-electron chi connectivity index (χ4n) is 8.33. The Morgan fingerprint density at radius 1 is 0.293 bits per heavy atom. The summed E-state index contributed by atoms with van der Waals surface area (Å²) in [6.45, 7) is 15.2. The molecule has 0 amide bonds. The predicted octanol–water partition coefficient (Wildman–Crippen LogP) is 11.5. The summed E-state index contributed by atoms with van der Waals surface area (Å²) in [5.74, 6) is -0.159. The van der Waals surface area contributed by atoms with E-state index in [-0.39, 0.29) is 12.6 Å². The van der Waals surface area contributed by atoms with Gasteiger partial charge in [-0.3, -0.25) is 4.79 Å². The molecule has 0 heterocycles. The molecule has 75 heavy (non-hydrogen) atoms. The Balaban J connectivity index is 3.16. The number of ether oxygens (including phenoxy) is 11. The lowest BCUT2D eigenvalue weighted by molar-refractivity contribution is -0.145. The summed E-state index contributed by atoms with van der Waals surface area (Å²) in [5, 5.41) is 3.54. The summed E-state index contributed by atoms with van der Waals surface area (Å²) in [5.41, 5.74) is 0. The minimum absolute atomic E-state index is 0.159. The van der Waals surface area contributed by atoms with Gasteiger partial charge in [-0.1, -0.05) is 155 Å². The summed E-state index contributed by atoms with van der Waals surface area (Å²) >= 11 is 0. The Hall–Kier alpha value is -0.873. The van der Waals surface area contributed by atoms with Gasteiger partial charge in [0.25, 0.3) is 0 Å². The van der Waals surface area contributed by atoms with E-state index in [1.165, 1.54) is 148 Å². The molecule has 0 atom stereocenters. The average molecular weight is 1100 g/mol. The van der Waals surface area contributed by atoms with Gasteiger partial charge in [-0.2, -0.15) is 0 Å². The van der Waals surface area contributed by atoms with Gasteiger partial charge in [0.15, 0.2) is 0 Å². The van der Waals surface area contributed by atoms with Crippen molar-refractivity contribution in [2.45, 2.75) is 199 Å². The van der Waals surface area contributed by atoms with E-state index in [4.69, 9.17) is 65.4 Å². The molecule has 0 saturated carbocycles. The molecule has 0 aliphatic carbocycles. The molecule has 450 valence electrons. The Bertz CT molecular complexity index is 1060. The maximum absolute atomic E-state index is 12.0. The number of carbonyl (C=O) groups is 1. The van der Waals surface area contributed by atoms with E-state index in [9.17, 15) is 4.79 Å². The minimum atomic E-state index is -2.40. The summed E-state index contributed by atoms with van der Waals surface area (Å²) in [6, 6.07) is 0.893. The van der Waals surface area contributed by atoms with Crippen LogP contribution in [0.15, 0.2) is 0 Å². The van der Waals surface area contributed by atoms with Gasteiger partial charge in [-0.15, -0.1) is 0 Å². The molecule has 1 N–H and O–H groups in total. The first-order chi connectivity index (χ1) is 37.1. The van der Waals surface area contributed by atoms with Crippen molar-refractivity contribution in [3.8, 4) is 0 Å². The molecule has 16 nitrogen and oxygen atoms in total. The average Bonchev–Trinajstić information content (AvgIpc) is 3.42. The van der Waals surface area contributed by atoms with E-state index >= 15 is 0 Å². The number of nitrogens with one attached hydrogen (secondary N) is 1. The third-order valence-electron chi connectivity index (χ3n) is 13.0. The van der Waals surface area contributed by atoms with Crippen LogP contribution >= 0.6 is 0 Å². The Labute approximate surface area is 461 Å². The van der Waals surface area contributed by atoms with Gasteiger partial charge >= 0.3 is 14.8 Å². The van der Waals surface area contributed by atoms with E-state index < -0.39 is 8.80 Å². The number of esters is 1. The zero-order chi connectivity index (χ0) is 54.2. The quantitative estimate of drug-likeness (QED) is 0.0348. The molecular formula is C58H119NO15Si. The molecular weight excluding hydrogens is 979 g/mol. The second-order valence-corrected chi connectivity index (χ2v) is 22.5. The second kappa shape index (κ2) is 65.6. The molecule has 0 aromatic rings. The molecule has 0 spiro atoms. The van der Waals surface area contributed by atoms with Crippen molar-refractivity contribution in [3.05, 3.63) is 0 Å². The van der Waals surface area contributed by atoms with Crippen LogP contribution in [0.25, 0.3) is 0 Å². The third kappa shape index (κ3) is 60.6. The van der Waals surface area contributed by atoms with Crippen LogP contribution in [0.5, 0.6) is 0 Å². The van der Waals surface area contributed by atoms with Crippen LogP contribution in [-0.4, -0.2) is 188 Å². The van der Waals surface area contributed by atoms with Crippen LogP contribution in [0, 0.1) is 0 Å². The zero-order valence-electron chi connectivity index (χ0n) is 49.1. The molecule has 0 aliphatic heterocycles. The van der Waals surface area contributed by atoms with Gasteiger partial charge in [0.2, 0.25) is 0 Å². The predicted molar refractivity (Wildman–Crippen MR) is 303 cm³/mol. The highest BCUT2D eigenvalue weighted by molar-refractivity contribution is 6.60. The highest BCUT2D eigenvalue weighted by Gasteiger charge is 2.36. The van der Waals surface area contributed by atoms with E-state index in [0.717, 1.165) is 57.8 Å². The monoisotopic (exact) mass is 1100 g/mol. The highest BCUT2D eigenvalue weighted by atomic mass is 28.4. The van der Waals surface area contributed by atoms with E-state index in [1.54, 1.807) is 21.3 Å². The van der Waals surface area contributed by atoms with Crippen molar-refractivity contribution in [1.29, 1.82) is 0 Å². The molecule has 0 bridgehead atoms. The summed E-state index contributed by atoms with van der Waals surface area (Å²) in [6.07, 6.45) is 36.9. The van der Waals surface area contributed by atoms with E-state index in [1.807, 2.05) is 0 Å². The number of carbonyl (C=O) groups excluding carboxylic acids is 1. The molecule has 0 unspecified atom stereocenters. The molecule has 0 radical (unpaired) electrons. The van der Waals surface area contributed by atoms with Crippen LogP contribution in [0.1, 0.15) is 193 Å². The third-order valence-corrected chi connectivity index (χ3v) is 15.8. The number of unbranched alkanes of at least 4 members (excludes halogenated alkanes) is 25. The minimum Gasteiger partial charge on any atom is -0.463 e. The van der Waals surface area contributed by atoms with Crippen molar-refractivity contribution in [2.75, 3.05) is 173 Å². The van der Waals surface area contributed by atoms with Gasteiger partial charge in [0.05, 0.1) is 126 Å². The van der Waals surface area contributed by atoms with Crippen LogP contribution in [0.4, 0.5) is 0 Å². The van der Waals surface area contributed by atoms with Crippen molar-refractivity contribution in [3.63, 3.8) is 0 Å². The fraction of sp³-hybridized carbons (Fsp3) is 0.983. The zero-order valence-corrected chi connectivity index (χ0v) is 50.1. The number of hydrogen-bond donors (Lipinski definition) is 1. The topological polar surface area (TPSA) is 158 Å². The summed E-state index contributed by atoms with van der Waals surface area (Å²) in [7, 11) is 2.65. The molecule has 0 aromatic carbocycles. The molecule has 17 heteroatoms. The van der Waals surface area contributed by atoms with Gasteiger partial charge in [-0.25, -0.2) is 0 Å². The maximum Gasteiger partial charge on any atom is 0.500 e. The van der Waals surface area contributed by atoms with Gasteiger partial charge < -0.3 is 70.7 Å². The lowest BCUT2D eigenvalue weighted by Crippen LogP contribution is -2.42. The molecule has 0 aliphatic rings. The second-order valence-electron chi connectivity index (χ2n) is 19.4. The van der Waals surface area contributed by atoms with Crippen molar-refractivity contribution in [1.82, 2.24) is 5.32 Å². The fourth-order valence-corrected chi connectivity index (χ4v) is 10.1. The van der Waals surface area contributed by atoms with Gasteiger partial charge in [-0.05, 0) is 45.2 Å². The number of rotatable bonds is 68. The standard InChI is InChI=1S/C58H119NO15Si/c1-5-6-7-8-9-10-11-12-13-14-15-16-19-22-25-31-36-64-37-38-65-39-40-66-41-42-67-43-44-68-45-46-69-47-48-70-49-50-71-51-52-72-53-54-73-55-56-74-58(60)33-28-27-30-35-59-34-29-24-21-18-17-20-23-26-32-57-75(61-2,62-3)63-4/h59H,5-57H2,1-4H3. The SMILES string of the molecule is CCCCCCCCCCCCCCCCCCOCCOCCOCCOCCOCCOCCOCCOCCOCCOCCOC(=O)CCCCCNCCCCCCCCCCC[Si](OC)(OC)OC. The lowest BCUT2D eigenvalue weighted by Gasteiger charge is -2.24. The first-order valence-corrected chi connectivity index (χ1v) is 32.4. The first-order valence-electron chi connectivity index (χ1n) is 30.4. The van der Waals surface area contributed by atoms with Crippen LogP contribution in [-0.2, 0) is 70.2 Å². The molecule has 0 fully saturated rings. The maximum atomic E-state index is 12.0. The number of hydrogen-bond acceptors (Lipinski definition) is 16. The van der Waals surface area contributed by atoms with Crippen molar-refractivity contribution >= 4 is 14.8 Å². The Morgan fingerprint density at radius 3 is 0.867 bits per heavy atom. The molecule has 0 aromatic heterocycles. The van der Waals surface area contributed by atoms with Crippen LogP contribution < -0.4 is 5.32 Å². The largest absolute Gasteiger partial charge is 0.500 e. The van der Waals surface area contributed by atoms with Gasteiger partial charge in [0.1, 0.15) is 6.61 Å². The molecule has 0 rings (SSSR count). The van der Waals surface area contributed by atoms with Crippen molar-refractivity contribution < 1.29 is 70.2 Å². The van der Waals surface area contributed by atoms with Crippen LogP contribution in [0.2, 0.25) is 6.04 Å². The Morgan fingerprint density at radius 2 is 0.547 bits per heavy atom. The van der Waals surface area contributed by atoms with Crippen LogP contribution in [0.3, 0.4) is 0 Å². The van der Waals surface area contributed by atoms with E-state index in [0.29, 0.717) is 132 Å². The normalized spacial score (nSPS) is 11.9. The van der Waals surface area contributed by atoms with E-state index in [2.05, 4.69) is 12.2 Å². The smallest absolute Gasteiger partial charge is 0.463 e. The summed E-state index contributed by atoms with van der Waals surface area (Å²) < 4.78 is 77.4. The first kappa shape index (κ1) is 74.1. The van der Waals surface area contributed by atoms with Gasteiger partial charge in [0, 0.05) is 40.4 Å².